The summed E-state index contributed by atoms with van der Waals surface area (Å²) in [7, 11) is 0. The Morgan fingerprint density at radius 1 is 1.43 bits per heavy atom. The molecule has 0 aromatic rings. The molecule has 0 spiro atoms. The molecule has 0 aliphatic carbocycles. The number of aliphatic imine (C=N–C) groups is 1. The highest BCUT2D eigenvalue weighted by Crippen LogP contribution is 2.10. The molecule has 2 heteroatoms. The number of allylic oxidation sites excluding steroid dienone is 1. The molecule has 0 N–H and O–H groups in total. The smallest absolute Gasteiger partial charge is 0.0461 e. The van der Waals surface area contributed by atoms with Gasteiger partial charge in [-0.3, -0.25) is 4.99 Å². The fraction of sp³-hybridized carbons (Fsp3) is 0.750. The van der Waals surface area contributed by atoms with Crippen LogP contribution in [0.4, 0.5) is 0 Å². The summed E-state index contributed by atoms with van der Waals surface area (Å²) in [5.41, 5.74) is 2.49. The normalized spacial score (nSPS) is 13.9. The lowest BCUT2D eigenvalue weighted by molar-refractivity contribution is 0.682. The first-order valence-corrected chi connectivity index (χ1v) is 6.71. The van der Waals surface area contributed by atoms with Gasteiger partial charge in [-0.1, -0.05) is 26.8 Å². The Labute approximate surface area is 93.1 Å². The van der Waals surface area contributed by atoms with Crippen molar-refractivity contribution < 1.29 is 0 Å². The van der Waals surface area contributed by atoms with E-state index in [0.29, 0.717) is 5.92 Å². The monoisotopic (exact) mass is 213 g/mol. The summed E-state index contributed by atoms with van der Waals surface area (Å²) in [6.07, 6.45) is 6.53. The van der Waals surface area contributed by atoms with Crippen LogP contribution >= 0.6 is 11.8 Å². The summed E-state index contributed by atoms with van der Waals surface area (Å²) in [6.45, 7) is 8.76. The fourth-order valence-corrected chi connectivity index (χ4v) is 1.88. The first kappa shape index (κ1) is 13.8. The summed E-state index contributed by atoms with van der Waals surface area (Å²) in [5, 5.41) is 0. The molecule has 0 rings (SSSR count). The van der Waals surface area contributed by atoms with E-state index in [1.54, 1.807) is 0 Å². The van der Waals surface area contributed by atoms with Gasteiger partial charge in [0.15, 0.2) is 0 Å². The number of nitrogens with zero attached hydrogens (tertiary/aromatic N) is 1. The highest BCUT2D eigenvalue weighted by molar-refractivity contribution is 7.98. The maximum atomic E-state index is 4.65. The van der Waals surface area contributed by atoms with Gasteiger partial charge in [-0.05, 0) is 31.9 Å². The summed E-state index contributed by atoms with van der Waals surface area (Å²) in [4.78, 5) is 4.65. The molecule has 82 valence electrons. The van der Waals surface area contributed by atoms with Crippen LogP contribution in [0.25, 0.3) is 0 Å². The highest BCUT2D eigenvalue weighted by atomic mass is 32.2. The van der Waals surface area contributed by atoms with Gasteiger partial charge in [0.25, 0.3) is 0 Å². The lowest BCUT2D eigenvalue weighted by Crippen LogP contribution is -1.99. The van der Waals surface area contributed by atoms with Crippen molar-refractivity contribution in [2.24, 2.45) is 10.9 Å². The van der Waals surface area contributed by atoms with Crippen molar-refractivity contribution >= 4 is 17.5 Å². The third-order valence-corrected chi connectivity index (χ3v) is 2.35. The molecule has 14 heavy (non-hydrogen) atoms. The zero-order valence-corrected chi connectivity index (χ0v) is 10.9. The Hall–Kier alpha value is -0.240. The van der Waals surface area contributed by atoms with Gasteiger partial charge in [0.1, 0.15) is 0 Å². The second-order valence-electron chi connectivity index (χ2n) is 3.98. The maximum absolute atomic E-state index is 4.65. The van der Waals surface area contributed by atoms with E-state index >= 15 is 0 Å². The molecule has 0 saturated carbocycles. The Morgan fingerprint density at radius 3 is 2.50 bits per heavy atom. The molecular formula is C12H23NS. The van der Waals surface area contributed by atoms with E-state index in [1.165, 1.54) is 11.4 Å². The van der Waals surface area contributed by atoms with Gasteiger partial charge in [0.05, 0.1) is 0 Å². The maximum Gasteiger partial charge on any atom is 0.0461 e. The van der Waals surface area contributed by atoms with Crippen molar-refractivity contribution in [2.75, 3.05) is 12.0 Å². The van der Waals surface area contributed by atoms with E-state index in [0.717, 1.165) is 18.6 Å². The zero-order chi connectivity index (χ0) is 11.0. The van der Waals surface area contributed by atoms with Crippen molar-refractivity contribution in [1.82, 2.24) is 0 Å². The van der Waals surface area contributed by atoms with E-state index in [1.807, 2.05) is 11.8 Å². The number of thioether (sulfide) groups is 1. The van der Waals surface area contributed by atoms with Crippen LogP contribution in [0.5, 0.6) is 0 Å². The standard InChI is InChI=1S/C12H23NS/c1-6-7-12(9-14-5)13-11(4)8-10(2)3/h7,10H,6,8-9H2,1-5H3/b12-7-,13-11+. The van der Waals surface area contributed by atoms with Crippen LogP contribution in [0.2, 0.25) is 0 Å². The van der Waals surface area contributed by atoms with Gasteiger partial charge in [-0.25, -0.2) is 0 Å². The number of hydrogen-bond acceptors (Lipinski definition) is 2. The molecule has 0 saturated heterocycles. The van der Waals surface area contributed by atoms with Crippen LogP contribution in [-0.2, 0) is 0 Å². The van der Waals surface area contributed by atoms with Crippen LogP contribution in [-0.4, -0.2) is 17.7 Å². The Morgan fingerprint density at radius 2 is 2.07 bits per heavy atom. The summed E-state index contributed by atoms with van der Waals surface area (Å²) in [5.74, 6) is 1.74. The van der Waals surface area contributed by atoms with Gasteiger partial charge in [0, 0.05) is 17.2 Å². The van der Waals surface area contributed by atoms with E-state index < -0.39 is 0 Å². The van der Waals surface area contributed by atoms with Crippen molar-refractivity contribution in [3.63, 3.8) is 0 Å². The molecule has 0 aliphatic rings. The first-order valence-electron chi connectivity index (χ1n) is 5.32. The van der Waals surface area contributed by atoms with Crippen LogP contribution in [0, 0.1) is 5.92 Å². The minimum atomic E-state index is 0.705. The van der Waals surface area contributed by atoms with Crippen molar-refractivity contribution in [1.29, 1.82) is 0 Å². The summed E-state index contributed by atoms with van der Waals surface area (Å²) < 4.78 is 0. The van der Waals surface area contributed by atoms with Crippen molar-refractivity contribution in [3.8, 4) is 0 Å². The van der Waals surface area contributed by atoms with Crippen LogP contribution in [0.15, 0.2) is 16.8 Å². The molecule has 0 radical (unpaired) electrons. The molecule has 0 aromatic heterocycles. The lowest BCUT2D eigenvalue weighted by Gasteiger charge is -2.05. The van der Waals surface area contributed by atoms with E-state index in [-0.39, 0.29) is 0 Å². The minimum absolute atomic E-state index is 0.705. The Bertz CT molecular complexity index is 204. The Balaban J connectivity index is 4.31. The number of rotatable bonds is 6. The minimum Gasteiger partial charge on any atom is -0.262 e. The third-order valence-electron chi connectivity index (χ3n) is 1.77. The van der Waals surface area contributed by atoms with Gasteiger partial charge >= 0.3 is 0 Å². The summed E-state index contributed by atoms with van der Waals surface area (Å²) >= 11 is 1.84. The summed E-state index contributed by atoms with van der Waals surface area (Å²) in [6, 6.07) is 0. The van der Waals surface area contributed by atoms with Gasteiger partial charge in [-0.2, -0.15) is 11.8 Å². The van der Waals surface area contributed by atoms with Crippen molar-refractivity contribution in [2.45, 2.75) is 40.5 Å². The molecule has 0 amide bonds. The molecule has 0 atom stereocenters. The van der Waals surface area contributed by atoms with Crippen LogP contribution in [0.3, 0.4) is 0 Å². The molecule has 0 unspecified atom stereocenters. The van der Waals surface area contributed by atoms with Gasteiger partial charge in [-0.15, -0.1) is 0 Å². The van der Waals surface area contributed by atoms with E-state index in [2.05, 4.69) is 45.0 Å². The second-order valence-corrected chi connectivity index (χ2v) is 4.85. The molecule has 1 nitrogen and oxygen atoms in total. The highest BCUT2D eigenvalue weighted by Gasteiger charge is 1.99. The van der Waals surface area contributed by atoms with Gasteiger partial charge in [0.2, 0.25) is 0 Å². The Kier molecular flexibility index (Phi) is 7.96. The third kappa shape index (κ3) is 7.19. The van der Waals surface area contributed by atoms with Crippen LogP contribution in [0.1, 0.15) is 40.5 Å². The lowest BCUT2D eigenvalue weighted by atomic mass is 10.1. The SMILES string of the molecule is CC/C=C(CSC)\N=C(/C)CC(C)C. The predicted molar refractivity (Wildman–Crippen MR) is 69.3 cm³/mol. The largest absolute Gasteiger partial charge is 0.262 e. The zero-order valence-electron chi connectivity index (χ0n) is 10.1. The van der Waals surface area contributed by atoms with E-state index in [4.69, 9.17) is 0 Å². The average molecular weight is 213 g/mol. The van der Waals surface area contributed by atoms with Gasteiger partial charge < -0.3 is 0 Å². The topological polar surface area (TPSA) is 12.4 Å². The van der Waals surface area contributed by atoms with Crippen molar-refractivity contribution in [3.05, 3.63) is 11.8 Å². The van der Waals surface area contributed by atoms with E-state index in [9.17, 15) is 0 Å². The molecule has 0 bridgehead atoms. The second kappa shape index (κ2) is 8.10. The molecular weight excluding hydrogens is 190 g/mol. The first-order chi connectivity index (χ1) is 6.60. The quantitative estimate of drug-likeness (QED) is 0.604. The molecule has 0 heterocycles. The molecule has 0 aliphatic heterocycles. The fourth-order valence-electron chi connectivity index (χ4n) is 1.40. The molecule has 0 fully saturated rings. The average Bonchev–Trinajstić information content (AvgIpc) is 2.03. The number of hydrogen-bond donors (Lipinski definition) is 0. The molecule has 0 aromatic carbocycles. The van der Waals surface area contributed by atoms with Crippen LogP contribution < -0.4 is 0 Å². The predicted octanol–water partition coefficient (Wildman–Crippen LogP) is 4.15.